The Morgan fingerprint density at radius 2 is 2.22 bits per heavy atom. The van der Waals surface area contributed by atoms with E-state index in [1.54, 1.807) is 7.11 Å². The summed E-state index contributed by atoms with van der Waals surface area (Å²) in [6.07, 6.45) is 2.70. The molecule has 0 unspecified atom stereocenters. The van der Waals surface area contributed by atoms with Crippen LogP contribution in [0.15, 0.2) is 24.3 Å². The highest BCUT2D eigenvalue weighted by Gasteiger charge is 2.01. The highest BCUT2D eigenvalue weighted by Crippen LogP contribution is 2.12. The van der Waals surface area contributed by atoms with Crippen LogP contribution < -0.4 is 10.1 Å². The number of benzene rings is 1. The topological polar surface area (TPSA) is 58.6 Å². The molecule has 1 aromatic rings. The summed E-state index contributed by atoms with van der Waals surface area (Å²) in [6.45, 7) is 0.780. The van der Waals surface area contributed by atoms with E-state index in [9.17, 15) is 4.79 Å². The van der Waals surface area contributed by atoms with Gasteiger partial charge in [0.2, 0.25) is 5.91 Å². The summed E-state index contributed by atoms with van der Waals surface area (Å²) >= 11 is 0. The summed E-state index contributed by atoms with van der Waals surface area (Å²) in [7, 11) is 1.64. The standard InChI is InChI=1S/C14H21NO3/c1-18-13-6-4-5-12(11-13)8-9-15-14(17)7-2-3-10-16/h4-6,11,16H,2-3,7-10H2,1H3,(H,15,17). The van der Waals surface area contributed by atoms with Gasteiger partial charge in [0.15, 0.2) is 0 Å². The van der Waals surface area contributed by atoms with Gasteiger partial charge in [0.25, 0.3) is 0 Å². The lowest BCUT2D eigenvalue weighted by Gasteiger charge is -2.06. The molecule has 0 atom stereocenters. The van der Waals surface area contributed by atoms with Crippen LogP contribution >= 0.6 is 0 Å². The Kier molecular flexibility index (Phi) is 6.87. The molecule has 0 fully saturated rings. The quantitative estimate of drug-likeness (QED) is 0.689. The molecular weight excluding hydrogens is 230 g/mol. The van der Waals surface area contributed by atoms with Crippen LogP contribution in [-0.4, -0.2) is 31.3 Å². The third-order valence-corrected chi connectivity index (χ3v) is 2.68. The molecule has 1 aromatic carbocycles. The Morgan fingerprint density at radius 1 is 1.39 bits per heavy atom. The first kappa shape index (κ1) is 14.5. The fraction of sp³-hybridized carbons (Fsp3) is 0.500. The highest BCUT2D eigenvalue weighted by molar-refractivity contribution is 5.75. The molecule has 100 valence electrons. The van der Waals surface area contributed by atoms with Gasteiger partial charge in [-0.2, -0.15) is 0 Å². The first-order valence-electron chi connectivity index (χ1n) is 6.26. The zero-order valence-corrected chi connectivity index (χ0v) is 10.8. The van der Waals surface area contributed by atoms with Gasteiger partial charge in [-0.05, 0) is 37.0 Å². The first-order chi connectivity index (χ1) is 8.76. The van der Waals surface area contributed by atoms with Crippen LogP contribution in [0.5, 0.6) is 5.75 Å². The van der Waals surface area contributed by atoms with Crippen molar-refractivity contribution in [2.45, 2.75) is 25.7 Å². The van der Waals surface area contributed by atoms with E-state index < -0.39 is 0 Å². The van der Waals surface area contributed by atoms with Crippen molar-refractivity contribution in [2.24, 2.45) is 0 Å². The molecule has 4 nitrogen and oxygen atoms in total. The third kappa shape index (κ3) is 5.68. The number of rotatable bonds is 8. The van der Waals surface area contributed by atoms with Crippen LogP contribution in [0.4, 0.5) is 0 Å². The molecular formula is C14H21NO3. The molecule has 4 heteroatoms. The maximum atomic E-state index is 11.4. The molecule has 0 aliphatic rings. The summed E-state index contributed by atoms with van der Waals surface area (Å²) < 4.78 is 5.14. The van der Waals surface area contributed by atoms with E-state index in [4.69, 9.17) is 9.84 Å². The van der Waals surface area contributed by atoms with Gasteiger partial charge in [-0.15, -0.1) is 0 Å². The smallest absolute Gasteiger partial charge is 0.220 e. The van der Waals surface area contributed by atoms with Gasteiger partial charge in [-0.25, -0.2) is 0 Å². The maximum Gasteiger partial charge on any atom is 0.220 e. The van der Waals surface area contributed by atoms with E-state index >= 15 is 0 Å². The lowest BCUT2D eigenvalue weighted by atomic mass is 10.1. The van der Waals surface area contributed by atoms with Crippen LogP contribution in [0.1, 0.15) is 24.8 Å². The first-order valence-corrected chi connectivity index (χ1v) is 6.26. The summed E-state index contributed by atoms with van der Waals surface area (Å²) in [5.74, 6) is 0.883. The van der Waals surface area contributed by atoms with Gasteiger partial charge in [0.1, 0.15) is 5.75 Å². The van der Waals surface area contributed by atoms with Crippen molar-refractivity contribution in [3.63, 3.8) is 0 Å². The lowest BCUT2D eigenvalue weighted by molar-refractivity contribution is -0.121. The number of methoxy groups -OCH3 is 1. The maximum absolute atomic E-state index is 11.4. The monoisotopic (exact) mass is 251 g/mol. The minimum absolute atomic E-state index is 0.0475. The number of ether oxygens (including phenoxy) is 1. The molecule has 0 saturated carbocycles. The van der Waals surface area contributed by atoms with Crippen molar-refractivity contribution in [1.82, 2.24) is 5.32 Å². The second-order valence-corrected chi connectivity index (χ2v) is 4.13. The number of carbonyl (C=O) groups excluding carboxylic acids is 1. The molecule has 0 aliphatic carbocycles. The third-order valence-electron chi connectivity index (χ3n) is 2.68. The molecule has 1 amide bonds. The highest BCUT2D eigenvalue weighted by atomic mass is 16.5. The van der Waals surface area contributed by atoms with Gasteiger partial charge in [0, 0.05) is 19.6 Å². The Bertz CT molecular complexity index is 366. The predicted molar refractivity (Wildman–Crippen MR) is 70.6 cm³/mol. The molecule has 18 heavy (non-hydrogen) atoms. The van der Waals surface area contributed by atoms with Crippen LogP contribution in [0, 0.1) is 0 Å². The Hall–Kier alpha value is -1.55. The molecule has 2 N–H and O–H groups in total. The number of nitrogens with one attached hydrogen (secondary N) is 1. The largest absolute Gasteiger partial charge is 0.497 e. The number of unbranched alkanes of at least 4 members (excludes halogenated alkanes) is 1. The van der Waals surface area contributed by atoms with Crippen molar-refractivity contribution >= 4 is 5.91 Å². The van der Waals surface area contributed by atoms with Crippen LogP contribution in [0.3, 0.4) is 0 Å². The van der Waals surface area contributed by atoms with Gasteiger partial charge < -0.3 is 15.2 Å². The van der Waals surface area contributed by atoms with Crippen LogP contribution in [0.25, 0.3) is 0 Å². The summed E-state index contributed by atoms with van der Waals surface area (Å²) in [6, 6.07) is 7.83. The fourth-order valence-electron chi connectivity index (χ4n) is 1.66. The molecule has 0 aromatic heterocycles. The van der Waals surface area contributed by atoms with Crippen molar-refractivity contribution in [3.8, 4) is 5.75 Å². The number of carbonyl (C=O) groups is 1. The summed E-state index contributed by atoms with van der Waals surface area (Å²) in [4.78, 5) is 11.4. The normalized spacial score (nSPS) is 10.1. The van der Waals surface area contributed by atoms with E-state index in [-0.39, 0.29) is 12.5 Å². The number of hydrogen-bond acceptors (Lipinski definition) is 3. The SMILES string of the molecule is COc1cccc(CCNC(=O)CCCCO)c1. The molecule has 0 heterocycles. The zero-order valence-electron chi connectivity index (χ0n) is 10.8. The molecule has 0 saturated heterocycles. The predicted octanol–water partition coefficient (Wildman–Crippen LogP) is 1.52. The van der Waals surface area contributed by atoms with Crippen molar-refractivity contribution in [1.29, 1.82) is 0 Å². The van der Waals surface area contributed by atoms with Gasteiger partial charge >= 0.3 is 0 Å². The molecule has 0 radical (unpaired) electrons. The number of aliphatic hydroxyl groups is 1. The summed E-state index contributed by atoms with van der Waals surface area (Å²) in [5, 5.41) is 11.5. The average molecular weight is 251 g/mol. The van der Waals surface area contributed by atoms with Crippen molar-refractivity contribution in [3.05, 3.63) is 29.8 Å². The average Bonchev–Trinajstić information content (AvgIpc) is 2.39. The van der Waals surface area contributed by atoms with E-state index in [0.29, 0.717) is 19.4 Å². The van der Waals surface area contributed by atoms with Crippen LogP contribution in [0.2, 0.25) is 0 Å². The van der Waals surface area contributed by atoms with Crippen molar-refractivity contribution < 1.29 is 14.6 Å². The van der Waals surface area contributed by atoms with E-state index in [2.05, 4.69) is 5.32 Å². The summed E-state index contributed by atoms with van der Waals surface area (Å²) in [5.41, 5.74) is 1.14. The second-order valence-electron chi connectivity index (χ2n) is 4.13. The fourth-order valence-corrected chi connectivity index (χ4v) is 1.66. The number of amides is 1. The molecule has 0 bridgehead atoms. The Balaban J connectivity index is 2.22. The molecule has 0 aliphatic heterocycles. The van der Waals surface area contributed by atoms with Gasteiger partial charge in [-0.3, -0.25) is 4.79 Å². The molecule has 0 spiro atoms. The van der Waals surface area contributed by atoms with Gasteiger partial charge in [-0.1, -0.05) is 12.1 Å². The second kappa shape index (κ2) is 8.53. The van der Waals surface area contributed by atoms with E-state index in [1.165, 1.54) is 0 Å². The lowest BCUT2D eigenvalue weighted by Crippen LogP contribution is -2.25. The van der Waals surface area contributed by atoms with E-state index in [1.807, 2.05) is 24.3 Å². The Labute approximate surface area is 108 Å². The minimum atomic E-state index is 0.0475. The van der Waals surface area contributed by atoms with Crippen molar-refractivity contribution in [2.75, 3.05) is 20.3 Å². The van der Waals surface area contributed by atoms with Gasteiger partial charge in [0.05, 0.1) is 7.11 Å². The molecule has 1 rings (SSSR count). The minimum Gasteiger partial charge on any atom is -0.497 e. The Morgan fingerprint density at radius 3 is 2.94 bits per heavy atom. The number of aliphatic hydroxyl groups excluding tert-OH is 1. The van der Waals surface area contributed by atoms with Crippen LogP contribution in [-0.2, 0) is 11.2 Å². The zero-order chi connectivity index (χ0) is 13.2. The number of hydrogen-bond donors (Lipinski definition) is 2. The van der Waals surface area contributed by atoms with E-state index in [0.717, 1.165) is 24.2 Å².